The summed E-state index contributed by atoms with van der Waals surface area (Å²) < 4.78 is 30.9. The Balaban J connectivity index is 2.69. The number of ketones is 1. The Morgan fingerprint density at radius 3 is 2.50 bits per heavy atom. The van der Waals surface area contributed by atoms with Gasteiger partial charge < -0.3 is 4.74 Å². The third-order valence-corrected chi connectivity index (χ3v) is 2.11. The van der Waals surface area contributed by atoms with Crippen molar-refractivity contribution in [3.05, 3.63) is 29.8 Å². The molecule has 1 rings (SSSR count). The quantitative estimate of drug-likeness (QED) is 0.795. The van der Waals surface area contributed by atoms with E-state index in [1.54, 1.807) is 20.8 Å². The van der Waals surface area contributed by atoms with Crippen molar-refractivity contribution in [2.75, 3.05) is 6.61 Å². The molecule has 0 bridgehead atoms. The summed E-state index contributed by atoms with van der Waals surface area (Å²) in [5, 5.41) is 0. The Labute approximate surface area is 93.2 Å². The number of carbonyl (C=O) groups excluding carboxylic acids is 1. The minimum atomic E-state index is -1.07. The molecule has 0 aliphatic rings. The van der Waals surface area contributed by atoms with Crippen molar-refractivity contribution >= 4 is 5.78 Å². The summed E-state index contributed by atoms with van der Waals surface area (Å²) in [6, 6.07) is 3.61. The molecule has 0 saturated carbocycles. The van der Waals surface area contributed by atoms with Crippen LogP contribution in [0.5, 0.6) is 5.75 Å². The van der Waals surface area contributed by atoms with Gasteiger partial charge in [-0.2, -0.15) is 4.39 Å². The molecule has 88 valence electrons. The summed E-state index contributed by atoms with van der Waals surface area (Å²) in [5.74, 6) is -2.46. The molecule has 1 aromatic rings. The molecule has 0 amide bonds. The van der Waals surface area contributed by atoms with Crippen LogP contribution in [0.25, 0.3) is 0 Å². The SMILES string of the molecule is CC(C)(C)C(=O)COc1cccc(F)c1F. The Hall–Kier alpha value is -1.45. The van der Waals surface area contributed by atoms with Crippen LogP contribution in [0.1, 0.15) is 20.8 Å². The zero-order valence-corrected chi connectivity index (χ0v) is 9.51. The lowest BCUT2D eigenvalue weighted by Gasteiger charge is -2.16. The maximum absolute atomic E-state index is 13.1. The second-order valence-corrected chi connectivity index (χ2v) is 4.51. The van der Waals surface area contributed by atoms with E-state index >= 15 is 0 Å². The number of halogens is 2. The molecule has 0 fully saturated rings. The summed E-state index contributed by atoms with van der Waals surface area (Å²) in [7, 11) is 0. The minimum absolute atomic E-state index is 0.170. The average molecular weight is 228 g/mol. The molecule has 0 atom stereocenters. The Bertz CT molecular complexity index is 394. The first kappa shape index (κ1) is 12.6. The van der Waals surface area contributed by atoms with E-state index in [0.29, 0.717) is 0 Å². The van der Waals surface area contributed by atoms with Gasteiger partial charge in [-0.25, -0.2) is 4.39 Å². The lowest BCUT2D eigenvalue weighted by molar-refractivity contribution is -0.128. The lowest BCUT2D eigenvalue weighted by Crippen LogP contribution is -2.26. The zero-order chi connectivity index (χ0) is 12.3. The van der Waals surface area contributed by atoms with Crippen LogP contribution in [-0.4, -0.2) is 12.4 Å². The Kier molecular flexibility index (Phi) is 3.62. The van der Waals surface area contributed by atoms with E-state index in [2.05, 4.69) is 0 Å². The molecule has 2 nitrogen and oxygen atoms in total. The minimum Gasteiger partial charge on any atom is -0.483 e. The predicted molar refractivity (Wildman–Crippen MR) is 56.3 cm³/mol. The summed E-state index contributed by atoms with van der Waals surface area (Å²) in [6.07, 6.45) is 0. The topological polar surface area (TPSA) is 26.3 Å². The standard InChI is InChI=1S/C12H14F2O2/c1-12(2,3)10(15)7-16-9-6-4-5-8(13)11(9)14/h4-6H,7H2,1-3H3. The highest BCUT2D eigenvalue weighted by atomic mass is 19.2. The maximum atomic E-state index is 13.1. The average Bonchev–Trinajstić information content (AvgIpc) is 2.18. The molecule has 0 spiro atoms. The first-order valence-corrected chi connectivity index (χ1v) is 4.92. The monoisotopic (exact) mass is 228 g/mol. The first-order valence-electron chi connectivity index (χ1n) is 4.92. The van der Waals surface area contributed by atoms with Crippen LogP contribution in [-0.2, 0) is 4.79 Å². The number of ether oxygens (including phenoxy) is 1. The van der Waals surface area contributed by atoms with Crippen LogP contribution < -0.4 is 4.74 Å². The van der Waals surface area contributed by atoms with Gasteiger partial charge in [0.2, 0.25) is 5.82 Å². The molecule has 16 heavy (non-hydrogen) atoms. The van der Waals surface area contributed by atoms with Crippen LogP contribution >= 0.6 is 0 Å². The third kappa shape index (κ3) is 3.02. The van der Waals surface area contributed by atoms with Gasteiger partial charge in [-0.05, 0) is 12.1 Å². The molecule has 0 unspecified atom stereocenters. The van der Waals surface area contributed by atoms with Gasteiger partial charge in [0.25, 0.3) is 0 Å². The van der Waals surface area contributed by atoms with Crippen LogP contribution in [0.3, 0.4) is 0 Å². The normalized spacial score (nSPS) is 11.3. The van der Waals surface area contributed by atoms with Gasteiger partial charge in [0.05, 0.1) is 0 Å². The van der Waals surface area contributed by atoms with Crippen molar-refractivity contribution < 1.29 is 18.3 Å². The van der Waals surface area contributed by atoms with E-state index in [-0.39, 0.29) is 18.1 Å². The molecular formula is C12H14F2O2. The fraction of sp³-hybridized carbons (Fsp3) is 0.417. The van der Waals surface area contributed by atoms with Gasteiger partial charge in [0.1, 0.15) is 6.61 Å². The van der Waals surface area contributed by atoms with Crippen molar-refractivity contribution in [1.29, 1.82) is 0 Å². The number of Topliss-reactive ketones (excluding diaryl/α,β-unsaturated/α-hetero) is 1. The van der Waals surface area contributed by atoms with Gasteiger partial charge in [0.15, 0.2) is 17.3 Å². The molecule has 0 aliphatic heterocycles. The van der Waals surface area contributed by atoms with Gasteiger partial charge in [-0.3, -0.25) is 4.79 Å². The van der Waals surface area contributed by atoms with Gasteiger partial charge in [-0.1, -0.05) is 26.8 Å². The van der Waals surface area contributed by atoms with Crippen molar-refractivity contribution in [1.82, 2.24) is 0 Å². The van der Waals surface area contributed by atoms with E-state index in [1.807, 2.05) is 0 Å². The van der Waals surface area contributed by atoms with Crippen molar-refractivity contribution in [2.45, 2.75) is 20.8 Å². The number of carbonyl (C=O) groups is 1. The lowest BCUT2D eigenvalue weighted by atomic mass is 9.91. The Morgan fingerprint density at radius 1 is 1.31 bits per heavy atom. The molecule has 1 aromatic carbocycles. The Morgan fingerprint density at radius 2 is 1.94 bits per heavy atom. The van der Waals surface area contributed by atoms with E-state index < -0.39 is 17.0 Å². The second-order valence-electron chi connectivity index (χ2n) is 4.51. The molecule has 0 N–H and O–H groups in total. The number of hydrogen-bond acceptors (Lipinski definition) is 2. The number of benzene rings is 1. The highest BCUT2D eigenvalue weighted by Crippen LogP contribution is 2.20. The molecule has 4 heteroatoms. The van der Waals surface area contributed by atoms with Crippen LogP contribution in [0.15, 0.2) is 18.2 Å². The molecule has 0 saturated heterocycles. The van der Waals surface area contributed by atoms with Crippen molar-refractivity contribution in [2.24, 2.45) is 5.41 Å². The fourth-order valence-electron chi connectivity index (χ4n) is 0.955. The van der Waals surface area contributed by atoms with Crippen LogP contribution in [0.4, 0.5) is 8.78 Å². The first-order chi connectivity index (χ1) is 7.32. The van der Waals surface area contributed by atoms with E-state index in [9.17, 15) is 13.6 Å². The number of hydrogen-bond donors (Lipinski definition) is 0. The van der Waals surface area contributed by atoms with E-state index in [1.165, 1.54) is 12.1 Å². The molecule has 0 aromatic heterocycles. The van der Waals surface area contributed by atoms with Crippen molar-refractivity contribution in [3.63, 3.8) is 0 Å². The van der Waals surface area contributed by atoms with Crippen molar-refractivity contribution in [3.8, 4) is 5.75 Å². The second kappa shape index (κ2) is 4.60. The summed E-state index contributed by atoms with van der Waals surface area (Å²) in [4.78, 5) is 11.5. The molecular weight excluding hydrogens is 214 g/mol. The fourth-order valence-corrected chi connectivity index (χ4v) is 0.955. The summed E-state index contributed by atoms with van der Waals surface area (Å²) >= 11 is 0. The van der Waals surface area contributed by atoms with Crippen LogP contribution in [0, 0.1) is 17.0 Å². The maximum Gasteiger partial charge on any atom is 0.200 e. The highest BCUT2D eigenvalue weighted by Gasteiger charge is 2.22. The van der Waals surface area contributed by atoms with Crippen LogP contribution in [0.2, 0.25) is 0 Å². The van der Waals surface area contributed by atoms with E-state index in [0.717, 1.165) is 6.07 Å². The molecule has 0 radical (unpaired) electrons. The highest BCUT2D eigenvalue weighted by molar-refractivity contribution is 5.85. The predicted octanol–water partition coefficient (Wildman–Crippen LogP) is 2.96. The van der Waals surface area contributed by atoms with Gasteiger partial charge in [0, 0.05) is 5.41 Å². The van der Waals surface area contributed by atoms with Gasteiger partial charge in [-0.15, -0.1) is 0 Å². The van der Waals surface area contributed by atoms with Gasteiger partial charge >= 0.3 is 0 Å². The van der Waals surface area contributed by atoms with E-state index in [4.69, 9.17) is 4.74 Å². The smallest absolute Gasteiger partial charge is 0.200 e. The molecule has 0 aliphatic carbocycles. The molecule has 0 heterocycles. The largest absolute Gasteiger partial charge is 0.483 e. The summed E-state index contributed by atoms with van der Waals surface area (Å²) in [6.45, 7) is 4.95. The number of rotatable bonds is 3. The summed E-state index contributed by atoms with van der Waals surface area (Å²) in [5.41, 5.74) is -0.552. The zero-order valence-electron chi connectivity index (χ0n) is 9.51. The third-order valence-electron chi connectivity index (χ3n) is 2.11.